The first-order valence-electron chi connectivity index (χ1n) is 8.95. The van der Waals surface area contributed by atoms with Crippen LogP contribution in [0.2, 0.25) is 0 Å². The summed E-state index contributed by atoms with van der Waals surface area (Å²) in [6.45, 7) is 8.70. The van der Waals surface area contributed by atoms with E-state index in [0.29, 0.717) is 11.5 Å². The van der Waals surface area contributed by atoms with Crippen molar-refractivity contribution in [3.05, 3.63) is 59.2 Å². The van der Waals surface area contributed by atoms with Gasteiger partial charge in [-0.1, -0.05) is 26.0 Å². The van der Waals surface area contributed by atoms with Gasteiger partial charge in [0.05, 0.1) is 7.11 Å². The summed E-state index contributed by atoms with van der Waals surface area (Å²) in [6, 6.07) is 13.9. The monoisotopic (exact) mass is 337 g/mol. The largest absolute Gasteiger partial charge is 0.497 e. The number of hydrogen-bond acceptors (Lipinski definition) is 2. The van der Waals surface area contributed by atoms with Crippen molar-refractivity contribution in [2.75, 3.05) is 12.0 Å². The average molecular weight is 337 g/mol. The topological polar surface area (TPSA) is 29.5 Å². The molecule has 1 heterocycles. The Bertz CT molecular complexity index is 775. The quantitative estimate of drug-likeness (QED) is 0.771. The first kappa shape index (κ1) is 17.5. The van der Waals surface area contributed by atoms with Crippen molar-refractivity contribution in [2.45, 2.75) is 52.0 Å². The minimum Gasteiger partial charge on any atom is -0.497 e. The third-order valence-electron chi connectivity index (χ3n) is 5.16. The van der Waals surface area contributed by atoms with E-state index in [9.17, 15) is 4.79 Å². The van der Waals surface area contributed by atoms with Gasteiger partial charge in [0.25, 0.3) is 5.91 Å². The normalized spacial score (nSPS) is 15.8. The molecular weight excluding hydrogens is 310 g/mol. The lowest BCUT2D eigenvalue weighted by molar-refractivity contribution is 0.0956. The van der Waals surface area contributed by atoms with Gasteiger partial charge < -0.3 is 9.64 Å². The van der Waals surface area contributed by atoms with Crippen molar-refractivity contribution in [1.29, 1.82) is 0 Å². The molecule has 0 atom stereocenters. The van der Waals surface area contributed by atoms with E-state index >= 15 is 0 Å². The maximum atomic E-state index is 13.3. The van der Waals surface area contributed by atoms with Gasteiger partial charge in [-0.05, 0) is 74.1 Å². The Morgan fingerprint density at radius 2 is 1.80 bits per heavy atom. The van der Waals surface area contributed by atoms with Gasteiger partial charge in [0, 0.05) is 16.8 Å². The van der Waals surface area contributed by atoms with Gasteiger partial charge >= 0.3 is 0 Å². The lowest BCUT2D eigenvalue weighted by Crippen LogP contribution is -2.51. The summed E-state index contributed by atoms with van der Waals surface area (Å²) in [4.78, 5) is 15.3. The number of ether oxygens (including phenoxy) is 1. The third kappa shape index (κ3) is 3.28. The molecule has 0 aliphatic carbocycles. The van der Waals surface area contributed by atoms with Crippen LogP contribution in [0.4, 0.5) is 5.69 Å². The molecule has 0 saturated heterocycles. The Labute approximate surface area is 150 Å². The minimum atomic E-state index is -0.205. The first-order chi connectivity index (χ1) is 11.8. The van der Waals surface area contributed by atoms with Crippen LogP contribution in [0.5, 0.6) is 5.75 Å². The SMILES string of the molecule is COc1ccc(C(=O)N2c3ccc(C(C)C)cc3CCC2(C)C)cc1. The van der Waals surface area contributed by atoms with Gasteiger partial charge in [0.2, 0.25) is 0 Å². The number of benzene rings is 2. The lowest BCUT2D eigenvalue weighted by Gasteiger charge is -2.43. The van der Waals surface area contributed by atoms with Crippen molar-refractivity contribution in [1.82, 2.24) is 0 Å². The van der Waals surface area contributed by atoms with Crippen LogP contribution < -0.4 is 9.64 Å². The van der Waals surface area contributed by atoms with E-state index in [0.717, 1.165) is 24.3 Å². The average Bonchev–Trinajstić information content (AvgIpc) is 2.60. The number of nitrogens with zero attached hydrogens (tertiary/aromatic N) is 1. The van der Waals surface area contributed by atoms with Crippen molar-refractivity contribution in [3.63, 3.8) is 0 Å². The molecule has 0 N–H and O–H groups in total. The van der Waals surface area contributed by atoms with E-state index in [1.807, 2.05) is 29.2 Å². The summed E-state index contributed by atoms with van der Waals surface area (Å²) < 4.78 is 5.20. The van der Waals surface area contributed by atoms with Crippen LogP contribution in [-0.2, 0) is 6.42 Å². The fraction of sp³-hybridized carbons (Fsp3) is 0.409. The summed E-state index contributed by atoms with van der Waals surface area (Å²) >= 11 is 0. The Morgan fingerprint density at radius 1 is 1.12 bits per heavy atom. The zero-order valence-electron chi connectivity index (χ0n) is 15.8. The van der Waals surface area contributed by atoms with Gasteiger partial charge in [0.1, 0.15) is 5.75 Å². The molecular formula is C22H27NO2. The Balaban J connectivity index is 2.02. The zero-order valence-corrected chi connectivity index (χ0v) is 15.8. The molecule has 0 bridgehead atoms. The minimum absolute atomic E-state index is 0.0471. The highest BCUT2D eigenvalue weighted by Crippen LogP contribution is 2.39. The molecule has 2 aromatic carbocycles. The Hall–Kier alpha value is -2.29. The standard InChI is InChI=1S/C22H27NO2/c1-15(2)17-8-11-20-18(14-17)12-13-22(3,4)23(20)21(24)16-6-9-19(25-5)10-7-16/h6-11,14-15H,12-13H2,1-5H3. The van der Waals surface area contributed by atoms with Gasteiger partial charge in [-0.15, -0.1) is 0 Å². The molecule has 0 unspecified atom stereocenters. The lowest BCUT2D eigenvalue weighted by atomic mass is 9.84. The van der Waals surface area contributed by atoms with E-state index in [-0.39, 0.29) is 11.4 Å². The van der Waals surface area contributed by atoms with E-state index in [2.05, 4.69) is 45.9 Å². The second-order valence-electron chi connectivity index (χ2n) is 7.72. The zero-order chi connectivity index (χ0) is 18.2. The van der Waals surface area contributed by atoms with E-state index in [4.69, 9.17) is 4.74 Å². The summed E-state index contributed by atoms with van der Waals surface area (Å²) in [7, 11) is 1.63. The molecule has 0 fully saturated rings. The molecule has 0 aromatic heterocycles. The number of carbonyl (C=O) groups excluding carboxylic acids is 1. The summed E-state index contributed by atoms with van der Waals surface area (Å²) in [5.41, 5.74) is 4.13. The molecule has 25 heavy (non-hydrogen) atoms. The number of anilines is 1. The van der Waals surface area contributed by atoms with E-state index in [1.165, 1.54) is 11.1 Å². The first-order valence-corrected chi connectivity index (χ1v) is 8.95. The number of amides is 1. The molecule has 132 valence electrons. The van der Waals surface area contributed by atoms with Crippen LogP contribution in [0, 0.1) is 0 Å². The van der Waals surface area contributed by atoms with Gasteiger partial charge in [-0.2, -0.15) is 0 Å². The predicted molar refractivity (Wildman–Crippen MR) is 103 cm³/mol. The molecule has 3 heteroatoms. The predicted octanol–water partition coefficient (Wildman–Crippen LogP) is 5.19. The Morgan fingerprint density at radius 3 is 2.40 bits per heavy atom. The van der Waals surface area contributed by atoms with Gasteiger partial charge in [0.15, 0.2) is 0 Å². The second-order valence-corrected chi connectivity index (χ2v) is 7.72. The van der Waals surface area contributed by atoms with E-state index in [1.54, 1.807) is 7.11 Å². The van der Waals surface area contributed by atoms with Crippen LogP contribution in [0.15, 0.2) is 42.5 Å². The highest BCUT2D eigenvalue weighted by Gasteiger charge is 2.37. The fourth-order valence-electron chi connectivity index (χ4n) is 3.51. The van der Waals surface area contributed by atoms with Crippen LogP contribution in [0.25, 0.3) is 0 Å². The van der Waals surface area contributed by atoms with Crippen molar-refractivity contribution < 1.29 is 9.53 Å². The summed E-state index contributed by atoms with van der Waals surface area (Å²) in [6.07, 6.45) is 1.97. The van der Waals surface area contributed by atoms with Gasteiger partial charge in [-0.3, -0.25) is 4.79 Å². The molecule has 2 aromatic rings. The second kappa shape index (κ2) is 6.55. The highest BCUT2D eigenvalue weighted by molar-refractivity contribution is 6.07. The molecule has 1 aliphatic rings. The van der Waals surface area contributed by atoms with Crippen LogP contribution in [0.1, 0.15) is 61.5 Å². The highest BCUT2D eigenvalue weighted by atomic mass is 16.5. The van der Waals surface area contributed by atoms with Crippen molar-refractivity contribution in [3.8, 4) is 5.75 Å². The number of methoxy groups -OCH3 is 1. The summed E-state index contributed by atoms with van der Waals surface area (Å²) in [5.74, 6) is 1.30. The molecule has 1 amide bonds. The third-order valence-corrected chi connectivity index (χ3v) is 5.16. The Kier molecular flexibility index (Phi) is 4.59. The van der Waals surface area contributed by atoms with Crippen LogP contribution >= 0.6 is 0 Å². The van der Waals surface area contributed by atoms with Crippen LogP contribution in [-0.4, -0.2) is 18.6 Å². The fourth-order valence-corrected chi connectivity index (χ4v) is 3.51. The number of rotatable bonds is 3. The molecule has 3 nitrogen and oxygen atoms in total. The molecule has 0 spiro atoms. The number of hydrogen-bond donors (Lipinski definition) is 0. The maximum Gasteiger partial charge on any atom is 0.258 e. The summed E-state index contributed by atoms with van der Waals surface area (Å²) in [5, 5.41) is 0. The number of aryl methyl sites for hydroxylation is 1. The van der Waals surface area contributed by atoms with Gasteiger partial charge in [-0.25, -0.2) is 0 Å². The number of carbonyl (C=O) groups is 1. The molecule has 1 aliphatic heterocycles. The van der Waals surface area contributed by atoms with Crippen molar-refractivity contribution >= 4 is 11.6 Å². The molecule has 0 radical (unpaired) electrons. The maximum absolute atomic E-state index is 13.3. The molecule has 0 saturated carbocycles. The smallest absolute Gasteiger partial charge is 0.258 e. The van der Waals surface area contributed by atoms with E-state index < -0.39 is 0 Å². The molecule has 3 rings (SSSR count). The number of fused-ring (bicyclic) bond motifs is 1. The van der Waals surface area contributed by atoms with Crippen molar-refractivity contribution in [2.24, 2.45) is 0 Å². The van der Waals surface area contributed by atoms with Crippen LogP contribution in [0.3, 0.4) is 0 Å².